The molecule has 0 radical (unpaired) electrons. The minimum Gasteiger partial charge on any atom is -0.497 e. The zero-order valence-corrected chi connectivity index (χ0v) is 24.1. The fourth-order valence-corrected chi connectivity index (χ4v) is 4.82. The van der Waals surface area contributed by atoms with Crippen molar-refractivity contribution in [2.75, 3.05) is 50.1 Å². The van der Waals surface area contributed by atoms with Crippen molar-refractivity contribution in [2.24, 2.45) is 0 Å². The predicted octanol–water partition coefficient (Wildman–Crippen LogP) is 5.78. The van der Waals surface area contributed by atoms with E-state index in [4.69, 9.17) is 9.47 Å². The van der Waals surface area contributed by atoms with E-state index in [-0.39, 0.29) is 29.9 Å². The fourth-order valence-electron chi connectivity index (χ4n) is 4.82. The molecule has 4 aromatic rings. The number of amides is 2. The van der Waals surface area contributed by atoms with Gasteiger partial charge in [-0.2, -0.15) is 13.2 Å². The number of alkyl halides is 3. The lowest BCUT2D eigenvalue weighted by Crippen LogP contribution is -2.49. The van der Waals surface area contributed by atoms with E-state index >= 15 is 0 Å². The summed E-state index contributed by atoms with van der Waals surface area (Å²) < 4.78 is 52.1. The topological polar surface area (TPSA) is 96.9 Å². The van der Waals surface area contributed by atoms with Gasteiger partial charge in [0.1, 0.15) is 11.5 Å². The fraction of sp³-hybridized carbons (Fsp3) is 0.250. The molecule has 1 aliphatic rings. The summed E-state index contributed by atoms with van der Waals surface area (Å²) in [5.41, 5.74) is 0.553. The number of hydrogen-bond donors (Lipinski definition) is 1. The van der Waals surface area contributed by atoms with Gasteiger partial charge >= 0.3 is 6.18 Å². The normalized spacial score (nSPS) is 13.4. The second-order valence-electron chi connectivity index (χ2n) is 10.00. The molecule has 1 aliphatic heterocycles. The van der Waals surface area contributed by atoms with Crippen molar-refractivity contribution in [1.82, 2.24) is 15.1 Å². The molecule has 0 atom stereocenters. The molecule has 1 saturated heterocycles. The van der Waals surface area contributed by atoms with Gasteiger partial charge in [-0.1, -0.05) is 12.1 Å². The average Bonchev–Trinajstić information content (AvgIpc) is 3.04. The first kappa shape index (κ1) is 30.3. The van der Waals surface area contributed by atoms with Gasteiger partial charge in [-0.05, 0) is 84.8 Å². The van der Waals surface area contributed by atoms with Crippen LogP contribution in [0.5, 0.6) is 11.5 Å². The van der Waals surface area contributed by atoms with Crippen LogP contribution in [0.1, 0.15) is 33.3 Å². The van der Waals surface area contributed by atoms with E-state index in [1.807, 2.05) is 11.8 Å². The number of aromatic nitrogens is 2. The molecule has 0 saturated carbocycles. The number of methoxy groups -OCH3 is 1. The van der Waals surface area contributed by atoms with Crippen molar-refractivity contribution < 1.29 is 32.2 Å². The lowest BCUT2D eigenvalue weighted by molar-refractivity contribution is -0.137. The quantitative estimate of drug-likeness (QED) is 0.272. The number of nitrogens with one attached hydrogen (secondary N) is 1. The van der Waals surface area contributed by atoms with Gasteiger partial charge in [0.2, 0.25) is 0 Å². The third-order valence-corrected chi connectivity index (χ3v) is 7.11. The van der Waals surface area contributed by atoms with E-state index in [1.54, 1.807) is 67.8 Å². The second-order valence-corrected chi connectivity index (χ2v) is 10.00. The number of carbonyl (C=O) groups is 2. The summed E-state index contributed by atoms with van der Waals surface area (Å²) in [4.78, 5) is 29.4. The van der Waals surface area contributed by atoms with Crippen LogP contribution in [0.2, 0.25) is 0 Å². The Morgan fingerprint density at radius 3 is 2.25 bits per heavy atom. The summed E-state index contributed by atoms with van der Waals surface area (Å²) in [6, 6.07) is 20.3. The molecule has 228 valence electrons. The van der Waals surface area contributed by atoms with Crippen molar-refractivity contribution in [3.05, 3.63) is 95.7 Å². The monoisotopic (exact) mass is 605 g/mol. The zero-order valence-electron chi connectivity index (χ0n) is 24.1. The zero-order chi connectivity index (χ0) is 31.3. The molecule has 3 aromatic carbocycles. The summed E-state index contributed by atoms with van der Waals surface area (Å²) in [6.45, 7) is 3.55. The third kappa shape index (κ3) is 7.08. The molecule has 1 fully saturated rings. The van der Waals surface area contributed by atoms with Crippen molar-refractivity contribution in [3.63, 3.8) is 0 Å². The molecule has 0 unspecified atom stereocenters. The van der Waals surface area contributed by atoms with Gasteiger partial charge < -0.3 is 24.6 Å². The lowest BCUT2D eigenvalue weighted by Gasteiger charge is -2.35. The van der Waals surface area contributed by atoms with Crippen LogP contribution in [-0.4, -0.2) is 66.8 Å². The first-order valence-corrected chi connectivity index (χ1v) is 13.9. The van der Waals surface area contributed by atoms with E-state index in [0.29, 0.717) is 48.3 Å². The number of piperazine rings is 1. The van der Waals surface area contributed by atoms with Gasteiger partial charge in [0.05, 0.1) is 19.3 Å². The Kier molecular flexibility index (Phi) is 8.98. The molecule has 2 heterocycles. The maximum Gasteiger partial charge on any atom is 0.416 e. The molecule has 5 rings (SSSR count). The lowest BCUT2D eigenvalue weighted by atomic mass is 9.98. The molecule has 0 aliphatic carbocycles. The van der Waals surface area contributed by atoms with Gasteiger partial charge in [0.15, 0.2) is 11.5 Å². The van der Waals surface area contributed by atoms with E-state index in [9.17, 15) is 22.8 Å². The number of hydrogen-bond acceptors (Lipinski definition) is 7. The van der Waals surface area contributed by atoms with Gasteiger partial charge in [0, 0.05) is 37.4 Å². The number of ether oxygens (including phenoxy) is 2. The molecule has 1 aromatic heterocycles. The Labute approximate surface area is 252 Å². The maximum absolute atomic E-state index is 13.8. The minimum absolute atomic E-state index is 0.0443. The smallest absolute Gasteiger partial charge is 0.416 e. The third-order valence-electron chi connectivity index (χ3n) is 7.11. The Balaban J connectivity index is 1.25. The predicted molar refractivity (Wildman–Crippen MR) is 159 cm³/mol. The molecular weight excluding hydrogens is 575 g/mol. The second kappa shape index (κ2) is 13.0. The van der Waals surface area contributed by atoms with Gasteiger partial charge in [-0.3, -0.25) is 9.59 Å². The first-order valence-electron chi connectivity index (χ1n) is 13.9. The van der Waals surface area contributed by atoms with E-state index in [0.717, 1.165) is 12.1 Å². The van der Waals surface area contributed by atoms with Crippen LogP contribution < -0.4 is 19.7 Å². The standard InChI is InChI=1S/C32H30F3N5O4/c1-3-44-27-6-4-5-21(20-27)22-17-23(19-24(18-22)32(33,34)35)31(42)40-15-13-39(14-16-40)29-12-11-28(37-38-29)30(41)36-25-7-9-26(43-2)10-8-25/h4-12,17-20H,3,13-16H2,1-2H3,(H,36,41). The van der Waals surface area contributed by atoms with Crippen molar-refractivity contribution in [1.29, 1.82) is 0 Å². The largest absolute Gasteiger partial charge is 0.497 e. The van der Waals surface area contributed by atoms with Crippen molar-refractivity contribution in [2.45, 2.75) is 13.1 Å². The van der Waals surface area contributed by atoms with Crippen molar-refractivity contribution >= 4 is 23.3 Å². The molecule has 2 amide bonds. The van der Waals surface area contributed by atoms with Crippen LogP contribution in [0, 0.1) is 0 Å². The first-order chi connectivity index (χ1) is 21.1. The average molecular weight is 606 g/mol. The number of benzene rings is 3. The van der Waals surface area contributed by atoms with Crippen LogP contribution in [0.15, 0.2) is 78.9 Å². The molecule has 0 bridgehead atoms. The highest BCUT2D eigenvalue weighted by molar-refractivity contribution is 6.02. The highest BCUT2D eigenvalue weighted by atomic mass is 19.4. The molecule has 44 heavy (non-hydrogen) atoms. The summed E-state index contributed by atoms with van der Waals surface area (Å²) in [7, 11) is 1.55. The van der Waals surface area contributed by atoms with Crippen LogP contribution in [0.4, 0.5) is 24.7 Å². The van der Waals surface area contributed by atoms with E-state index in [1.165, 1.54) is 11.0 Å². The van der Waals surface area contributed by atoms with Crippen LogP contribution in [-0.2, 0) is 6.18 Å². The molecule has 1 N–H and O–H groups in total. The number of rotatable bonds is 8. The van der Waals surface area contributed by atoms with Crippen LogP contribution >= 0.6 is 0 Å². The number of nitrogens with zero attached hydrogens (tertiary/aromatic N) is 4. The highest BCUT2D eigenvalue weighted by Gasteiger charge is 2.33. The molecular formula is C32H30F3N5O4. The highest BCUT2D eigenvalue weighted by Crippen LogP contribution is 2.35. The summed E-state index contributed by atoms with van der Waals surface area (Å²) in [5.74, 6) is 0.801. The van der Waals surface area contributed by atoms with E-state index < -0.39 is 23.6 Å². The Bertz CT molecular complexity index is 1620. The van der Waals surface area contributed by atoms with Gasteiger partial charge in [0.25, 0.3) is 11.8 Å². The number of halogens is 3. The summed E-state index contributed by atoms with van der Waals surface area (Å²) in [5, 5.41) is 11.0. The van der Waals surface area contributed by atoms with Crippen molar-refractivity contribution in [3.8, 4) is 22.6 Å². The number of carbonyl (C=O) groups excluding carboxylic acids is 2. The Morgan fingerprint density at radius 1 is 0.864 bits per heavy atom. The summed E-state index contributed by atoms with van der Waals surface area (Å²) in [6.07, 6.45) is -4.63. The Morgan fingerprint density at radius 2 is 1.61 bits per heavy atom. The van der Waals surface area contributed by atoms with E-state index in [2.05, 4.69) is 15.5 Å². The maximum atomic E-state index is 13.8. The molecule has 0 spiro atoms. The SMILES string of the molecule is CCOc1cccc(-c2cc(C(=O)N3CCN(c4ccc(C(=O)Nc5ccc(OC)cc5)nn4)CC3)cc(C(F)(F)F)c2)c1. The van der Waals surface area contributed by atoms with Gasteiger partial charge in [-0.15, -0.1) is 10.2 Å². The minimum atomic E-state index is -4.63. The molecule has 9 nitrogen and oxygen atoms in total. The molecule has 12 heteroatoms. The number of anilines is 2. The van der Waals surface area contributed by atoms with Gasteiger partial charge in [-0.25, -0.2) is 0 Å². The Hall–Kier alpha value is -5.13. The van der Waals surface area contributed by atoms with Crippen LogP contribution in [0.25, 0.3) is 11.1 Å². The van der Waals surface area contributed by atoms with Crippen LogP contribution in [0.3, 0.4) is 0 Å². The summed E-state index contributed by atoms with van der Waals surface area (Å²) >= 11 is 0.